The van der Waals surface area contributed by atoms with Crippen LogP contribution in [0, 0.1) is 3.57 Å². The average molecular weight is 421 g/mol. The first kappa shape index (κ1) is 17.0. The van der Waals surface area contributed by atoms with Gasteiger partial charge in [0, 0.05) is 28.3 Å². The lowest BCUT2D eigenvalue weighted by Gasteiger charge is -2.37. The fraction of sp³-hybridized carbons (Fsp3) is 0.562. The van der Waals surface area contributed by atoms with Gasteiger partial charge in [-0.15, -0.1) is 0 Å². The molecule has 1 heterocycles. The zero-order valence-electron chi connectivity index (χ0n) is 12.6. The van der Waals surface area contributed by atoms with Gasteiger partial charge in [0.2, 0.25) is 0 Å². The van der Waals surface area contributed by atoms with E-state index < -0.39 is 0 Å². The van der Waals surface area contributed by atoms with E-state index in [4.69, 9.17) is 11.6 Å². The molecule has 3 nitrogen and oxygen atoms in total. The van der Waals surface area contributed by atoms with E-state index in [0.29, 0.717) is 16.6 Å². The van der Waals surface area contributed by atoms with Gasteiger partial charge in [-0.1, -0.05) is 25.4 Å². The lowest BCUT2D eigenvalue weighted by Crippen LogP contribution is -2.46. The summed E-state index contributed by atoms with van der Waals surface area (Å²) in [5.74, 6) is 0.103. The number of benzene rings is 1. The van der Waals surface area contributed by atoms with Crippen LogP contribution in [0.15, 0.2) is 18.2 Å². The molecule has 21 heavy (non-hydrogen) atoms. The molecule has 1 aliphatic heterocycles. The Hall–Kier alpha value is -0.330. The lowest BCUT2D eigenvalue weighted by molar-refractivity contribution is 0.0631. The Kier molecular flexibility index (Phi) is 6.32. The minimum absolute atomic E-state index is 0.103. The van der Waals surface area contributed by atoms with Crippen molar-refractivity contribution in [2.75, 3.05) is 26.2 Å². The molecule has 1 amide bonds. The topological polar surface area (TPSA) is 23.6 Å². The zero-order valence-corrected chi connectivity index (χ0v) is 15.5. The van der Waals surface area contributed by atoms with E-state index in [0.717, 1.165) is 42.6 Å². The number of halogens is 2. The van der Waals surface area contributed by atoms with Crippen molar-refractivity contribution < 1.29 is 4.79 Å². The molecule has 1 aromatic carbocycles. The maximum absolute atomic E-state index is 12.5. The van der Waals surface area contributed by atoms with Gasteiger partial charge >= 0.3 is 0 Å². The first-order valence-electron chi connectivity index (χ1n) is 7.55. The van der Waals surface area contributed by atoms with Crippen molar-refractivity contribution in [2.24, 2.45) is 0 Å². The molecule has 1 aromatic rings. The second-order valence-corrected chi connectivity index (χ2v) is 6.94. The molecule has 1 saturated heterocycles. The Morgan fingerprint density at radius 1 is 1.33 bits per heavy atom. The maximum atomic E-state index is 12.5. The molecule has 0 aromatic heterocycles. The van der Waals surface area contributed by atoms with E-state index >= 15 is 0 Å². The molecule has 0 aliphatic carbocycles. The van der Waals surface area contributed by atoms with Crippen molar-refractivity contribution >= 4 is 40.1 Å². The molecule has 0 N–H and O–H groups in total. The van der Waals surface area contributed by atoms with Gasteiger partial charge in [0.15, 0.2) is 0 Å². The van der Waals surface area contributed by atoms with Gasteiger partial charge in [0.25, 0.3) is 5.91 Å². The number of likely N-dealkylation sites (tertiary alicyclic amines) is 1. The van der Waals surface area contributed by atoms with Crippen LogP contribution in [0.2, 0.25) is 5.02 Å². The van der Waals surface area contributed by atoms with Crippen molar-refractivity contribution in [3.63, 3.8) is 0 Å². The summed E-state index contributed by atoms with van der Waals surface area (Å²) >= 11 is 8.29. The predicted octanol–water partition coefficient (Wildman–Crippen LogP) is 3.89. The zero-order chi connectivity index (χ0) is 15.4. The Morgan fingerprint density at radius 3 is 2.48 bits per heavy atom. The van der Waals surface area contributed by atoms with E-state index in [-0.39, 0.29) is 5.91 Å². The average Bonchev–Trinajstić information content (AvgIpc) is 2.51. The normalized spacial score (nSPS) is 16.5. The number of hydrogen-bond acceptors (Lipinski definition) is 2. The number of piperidine rings is 1. The number of nitrogens with zero attached hydrogens (tertiary/aromatic N) is 2. The van der Waals surface area contributed by atoms with Crippen molar-refractivity contribution in [3.05, 3.63) is 32.4 Å². The molecule has 1 aliphatic rings. The molecule has 116 valence electrons. The number of hydrogen-bond donors (Lipinski definition) is 0. The smallest absolute Gasteiger partial charge is 0.253 e. The summed E-state index contributed by atoms with van der Waals surface area (Å²) in [6.45, 7) is 8.25. The third-order valence-corrected chi connectivity index (χ3v) is 5.82. The highest BCUT2D eigenvalue weighted by atomic mass is 127. The number of carbonyl (C=O) groups excluding carboxylic acids is 1. The van der Waals surface area contributed by atoms with Crippen LogP contribution in [0.4, 0.5) is 0 Å². The Labute approximate surface area is 145 Å². The van der Waals surface area contributed by atoms with Crippen molar-refractivity contribution in [2.45, 2.75) is 32.7 Å². The molecule has 0 bridgehead atoms. The van der Waals surface area contributed by atoms with E-state index in [2.05, 4.69) is 41.3 Å². The van der Waals surface area contributed by atoms with Crippen LogP contribution in [0.5, 0.6) is 0 Å². The first-order valence-corrected chi connectivity index (χ1v) is 9.00. The number of carbonyl (C=O) groups is 1. The number of amides is 1. The van der Waals surface area contributed by atoms with Gasteiger partial charge in [0.05, 0.1) is 5.02 Å². The molecule has 5 heteroatoms. The summed E-state index contributed by atoms with van der Waals surface area (Å²) in [5, 5.41) is 0.652. The van der Waals surface area contributed by atoms with Crippen molar-refractivity contribution in [3.8, 4) is 0 Å². The van der Waals surface area contributed by atoms with Gasteiger partial charge in [-0.05, 0) is 66.7 Å². The molecule has 0 unspecified atom stereocenters. The van der Waals surface area contributed by atoms with E-state index in [1.165, 1.54) is 0 Å². The van der Waals surface area contributed by atoms with Crippen molar-refractivity contribution in [1.29, 1.82) is 0 Å². The maximum Gasteiger partial charge on any atom is 0.253 e. The Morgan fingerprint density at radius 2 is 1.95 bits per heavy atom. The highest BCUT2D eigenvalue weighted by molar-refractivity contribution is 14.1. The predicted molar refractivity (Wildman–Crippen MR) is 96.0 cm³/mol. The standard InChI is InChI=1S/C16H22ClIN2O/c1-3-19(4-2)13-7-9-20(10-8-13)16(21)12-5-6-15(18)14(17)11-12/h5-6,11,13H,3-4,7-10H2,1-2H3. The second-order valence-electron chi connectivity index (χ2n) is 5.37. The second kappa shape index (κ2) is 7.79. The van der Waals surface area contributed by atoms with Crippen LogP contribution in [-0.4, -0.2) is 47.9 Å². The van der Waals surface area contributed by atoms with Crippen LogP contribution >= 0.6 is 34.2 Å². The quantitative estimate of drug-likeness (QED) is 0.690. The SMILES string of the molecule is CCN(CC)C1CCN(C(=O)c2ccc(I)c(Cl)c2)CC1. The molecular weight excluding hydrogens is 399 g/mol. The molecule has 0 spiro atoms. The summed E-state index contributed by atoms with van der Waals surface area (Å²) < 4.78 is 0.978. The van der Waals surface area contributed by atoms with E-state index in [1.807, 2.05) is 17.0 Å². The van der Waals surface area contributed by atoms with Crippen LogP contribution in [0.3, 0.4) is 0 Å². The monoisotopic (exact) mass is 420 g/mol. The molecule has 2 rings (SSSR count). The Bertz CT molecular complexity index is 497. The summed E-state index contributed by atoms with van der Waals surface area (Å²) in [6.07, 6.45) is 2.12. The van der Waals surface area contributed by atoms with E-state index in [1.54, 1.807) is 6.07 Å². The van der Waals surface area contributed by atoms with Gasteiger partial charge in [0.1, 0.15) is 0 Å². The summed E-state index contributed by atoms with van der Waals surface area (Å²) in [7, 11) is 0. The van der Waals surface area contributed by atoms with Crippen LogP contribution in [0.1, 0.15) is 37.0 Å². The van der Waals surface area contributed by atoms with E-state index in [9.17, 15) is 4.79 Å². The molecule has 1 fully saturated rings. The molecule has 0 saturated carbocycles. The van der Waals surface area contributed by atoms with Crippen LogP contribution in [-0.2, 0) is 0 Å². The largest absolute Gasteiger partial charge is 0.339 e. The van der Waals surface area contributed by atoms with Gasteiger partial charge < -0.3 is 9.80 Å². The number of rotatable bonds is 4. The first-order chi connectivity index (χ1) is 10.1. The fourth-order valence-corrected chi connectivity index (χ4v) is 3.50. The Balaban J connectivity index is 1.98. The fourth-order valence-electron chi connectivity index (χ4n) is 2.99. The van der Waals surface area contributed by atoms with Gasteiger partial charge in [-0.2, -0.15) is 0 Å². The third kappa shape index (κ3) is 4.11. The molecule has 0 atom stereocenters. The van der Waals surface area contributed by atoms with Crippen LogP contribution in [0.25, 0.3) is 0 Å². The summed E-state index contributed by atoms with van der Waals surface area (Å²) in [4.78, 5) is 17.0. The van der Waals surface area contributed by atoms with Gasteiger partial charge in [-0.25, -0.2) is 0 Å². The van der Waals surface area contributed by atoms with Crippen molar-refractivity contribution in [1.82, 2.24) is 9.80 Å². The van der Waals surface area contributed by atoms with Gasteiger partial charge in [-0.3, -0.25) is 4.79 Å². The minimum atomic E-state index is 0.103. The third-order valence-electron chi connectivity index (χ3n) is 4.25. The lowest BCUT2D eigenvalue weighted by atomic mass is 10.0. The minimum Gasteiger partial charge on any atom is -0.339 e. The summed E-state index contributed by atoms with van der Waals surface area (Å²) in [5.41, 5.74) is 0.696. The molecule has 0 radical (unpaired) electrons. The molecular formula is C16H22ClIN2O. The van der Waals surface area contributed by atoms with Crippen LogP contribution < -0.4 is 0 Å². The highest BCUT2D eigenvalue weighted by Crippen LogP contribution is 2.22. The summed E-state index contributed by atoms with van der Waals surface area (Å²) in [6, 6.07) is 6.16. The highest BCUT2D eigenvalue weighted by Gasteiger charge is 2.26.